The third-order valence-electron chi connectivity index (χ3n) is 3.98. The molecule has 0 aromatic heterocycles. The second-order valence-electron chi connectivity index (χ2n) is 5.58. The second kappa shape index (κ2) is 5.31. The van der Waals surface area contributed by atoms with Crippen molar-refractivity contribution in [3.8, 4) is 0 Å². The van der Waals surface area contributed by atoms with Crippen molar-refractivity contribution in [3.05, 3.63) is 0 Å². The van der Waals surface area contributed by atoms with Gasteiger partial charge in [0.1, 0.15) is 0 Å². The molecule has 1 aliphatic carbocycles. The third kappa shape index (κ3) is 2.94. The Labute approximate surface area is 94.2 Å². The van der Waals surface area contributed by atoms with E-state index >= 15 is 0 Å². The van der Waals surface area contributed by atoms with Gasteiger partial charge in [-0.15, -0.1) is 0 Å². The van der Waals surface area contributed by atoms with Crippen molar-refractivity contribution >= 4 is 0 Å². The Kier molecular flexibility index (Phi) is 4.04. The maximum atomic E-state index is 3.75. The number of nitrogens with one attached hydrogen (secondary N) is 2. The average Bonchev–Trinajstić information content (AvgIpc) is 2.66. The lowest BCUT2D eigenvalue weighted by Crippen LogP contribution is -2.48. The van der Waals surface area contributed by atoms with Gasteiger partial charge in [0.15, 0.2) is 0 Å². The van der Waals surface area contributed by atoms with Crippen LogP contribution in [0.4, 0.5) is 0 Å². The van der Waals surface area contributed by atoms with Crippen LogP contribution in [0.5, 0.6) is 0 Å². The van der Waals surface area contributed by atoms with Gasteiger partial charge in [-0.05, 0) is 38.1 Å². The molecule has 15 heavy (non-hydrogen) atoms. The van der Waals surface area contributed by atoms with Crippen molar-refractivity contribution in [1.29, 1.82) is 0 Å². The van der Waals surface area contributed by atoms with Gasteiger partial charge in [-0.25, -0.2) is 0 Å². The summed E-state index contributed by atoms with van der Waals surface area (Å²) in [5.41, 5.74) is 0. The molecule has 2 rings (SSSR count). The minimum Gasteiger partial charge on any atom is -0.314 e. The van der Waals surface area contributed by atoms with Crippen molar-refractivity contribution in [2.75, 3.05) is 6.54 Å². The SMILES string of the molecule is CC(C)NC1CCCC1C1CCCCN1. The lowest BCUT2D eigenvalue weighted by atomic mass is 9.88. The van der Waals surface area contributed by atoms with E-state index in [1.807, 2.05) is 0 Å². The van der Waals surface area contributed by atoms with Crippen LogP contribution in [-0.4, -0.2) is 24.7 Å². The van der Waals surface area contributed by atoms with Crippen molar-refractivity contribution in [2.45, 2.75) is 70.5 Å². The van der Waals surface area contributed by atoms with Crippen LogP contribution in [0.15, 0.2) is 0 Å². The highest BCUT2D eigenvalue weighted by Crippen LogP contribution is 2.31. The molecule has 2 nitrogen and oxygen atoms in total. The molecule has 0 spiro atoms. The summed E-state index contributed by atoms with van der Waals surface area (Å²) in [4.78, 5) is 0. The van der Waals surface area contributed by atoms with E-state index in [4.69, 9.17) is 0 Å². The number of rotatable bonds is 3. The minimum atomic E-state index is 0.638. The lowest BCUT2D eigenvalue weighted by Gasteiger charge is -2.33. The summed E-state index contributed by atoms with van der Waals surface area (Å²) in [5, 5.41) is 7.47. The highest BCUT2D eigenvalue weighted by atomic mass is 15.0. The molecule has 3 unspecified atom stereocenters. The van der Waals surface area contributed by atoms with Gasteiger partial charge >= 0.3 is 0 Å². The van der Waals surface area contributed by atoms with Crippen LogP contribution in [0, 0.1) is 5.92 Å². The van der Waals surface area contributed by atoms with Gasteiger partial charge in [0, 0.05) is 18.1 Å². The number of piperidine rings is 1. The molecule has 0 amide bonds. The molecule has 2 N–H and O–H groups in total. The molecule has 1 saturated carbocycles. The summed E-state index contributed by atoms with van der Waals surface area (Å²) in [7, 11) is 0. The summed E-state index contributed by atoms with van der Waals surface area (Å²) in [6, 6.07) is 2.22. The molecule has 1 saturated heterocycles. The molecule has 0 aromatic carbocycles. The Hall–Kier alpha value is -0.0800. The van der Waals surface area contributed by atoms with E-state index < -0.39 is 0 Å². The third-order valence-corrected chi connectivity index (χ3v) is 3.98. The normalized spacial score (nSPS) is 37.4. The zero-order valence-electron chi connectivity index (χ0n) is 10.3. The Morgan fingerprint density at radius 1 is 1.07 bits per heavy atom. The van der Waals surface area contributed by atoms with Crippen molar-refractivity contribution < 1.29 is 0 Å². The first-order valence-electron chi connectivity index (χ1n) is 6.77. The first-order valence-corrected chi connectivity index (χ1v) is 6.77. The van der Waals surface area contributed by atoms with Crippen LogP contribution >= 0.6 is 0 Å². The van der Waals surface area contributed by atoms with E-state index in [0.717, 1.165) is 18.0 Å². The van der Waals surface area contributed by atoms with Crippen LogP contribution in [0.25, 0.3) is 0 Å². The smallest absolute Gasteiger partial charge is 0.0112 e. The standard InChI is InChI=1S/C13H26N2/c1-10(2)15-13-8-5-6-11(13)12-7-3-4-9-14-12/h10-15H,3-9H2,1-2H3. The van der Waals surface area contributed by atoms with Gasteiger partial charge in [0.2, 0.25) is 0 Å². The largest absolute Gasteiger partial charge is 0.314 e. The fourth-order valence-electron chi connectivity index (χ4n) is 3.35. The minimum absolute atomic E-state index is 0.638. The molecule has 0 aromatic rings. The van der Waals surface area contributed by atoms with Gasteiger partial charge in [0.25, 0.3) is 0 Å². The van der Waals surface area contributed by atoms with E-state index in [2.05, 4.69) is 24.5 Å². The molecule has 1 heterocycles. The van der Waals surface area contributed by atoms with Gasteiger partial charge in [0.05, 0.1) is 0 Å². The zero-order chi connectivity index (χ0) is 10.7. The lowest BCUT2D eigenvalue weighted by molar-refractivity contribution is 0.250. The van der Waals surface area contributed by atoms with E-state index in [1.165, 1.54) is 45.1 Å². The molecule has 1 aliphatic heterocycles. The second-order valence-corrected chi connectivity index (χ2v) is 5.58. The zero-order valence-corrected chi connectivity index (χ0v) is 10.3. The van der Waals surface area contributed by atoms with Gasteiger partial charge in [-0.1, -0.05) is 26.7 Å². The predicted octanol–water partition coefficient (Wildman–Crippen LogP) is 2.30. The first-order chi connectivity index (χ1) is 7.27. The number of hydrogen-bond donors (Lipinski definition) is 2. The fourth-order valence-corrected chi connectivity index (χ4v) is 3.35. The highest BCUT2D eigenvalue weighted by molar-refractivity contribution is 4.92. The molecule has 2 heteroatoms. The topological polar surface area (TPSA) is 24.1 Å². The maximum Gasteiger partial charge on any atom is 0.0112 e. The molecular formula is C13H26N2. The number of hydrogen-bond acceptors (Lipinski definition) is 2. The summed E-state index contributed by atoms with van der Waals surface area (Å²) >= 11 is 0. The monoisotopic (exact) mass is 210 g/mol. The Bertz CT molecular complexity index is 185. The quantitative estimate of drug-likeness (QED) is 0.747. The molecule has 3 atom stereocenters. The molecule has 2 aliphatic rings. The fraction of sp³-hybridized carbons (Fsp3) is 1.00. The van der Waals surface area contributed by atoms with Crippen molar-refractivity contribution in [2.24, 2.45) is 5.92 Å². The van der Waals surface area contributed by atoms with Crippen LogP contribution in [0.3, 0.4) is 0 Å². The molecule has 88 valence electrons. The van der Waals surface area contributed by atoms with E-state index in [-0.39, 0.29) is 0 Å². The van der Waals surface area contributed by atoms with Gasteiger partial charge < -0.3 is 10.6 Å². The van der Waals surface area contributed by atoms with Crippen molar-refractivity contribution in [1.82, 2.24) is 10.6 Å². The van der Waals surface area contributed by atoms with Crippen LogP contribution < -0.4 is 10.6 Å². The Morgan fingerprint density at radius 3 is 2.60 bits per heavy atom. The Morgan fingerprint density at radius 2 is 1.93 bits per heavy atom. The predicted molar refractivity (Wildman–Crippen MR) is 65.0 cm³/mol. The summed E-state index contributed by atoms with van der Waals surface area (Å²) < 4.78 is 0. The van der Waals surface area contributed by atoms with E-state index in [9.17, 15) is 0 Å². The Balaban J connectivity index is 1.88. The van der Waals surface area contributed by atoms with Crippen molar-refractivity contribution in [3.63, 3.8) is 0 Å². The van der Waals surface area contributed by atoms with Crippen LogP contribution in [0.1, 0.15) is 52.4 Å². The summed E-state index contributed by atoms with van der Waals surface area (Å²) in [6.45, 7) is 5.78. The van der Waals surface area contributed by atoms with Gasteiger partial charge in [-0.3, -0.25) is 0 Å². The first kappa shape index (κ1) is 11.4. The highest BCUT2D eigenvalue weighted by Gasteiger charge is 2.34. The van der Waals surface area contributed by atoms with Crippen LogP contribution in [-0.2, 0) is 0 Å². The van der Waals surface area contributed by atoms with E-state index in [0.29, 0.717) is 6.04 Å². The summed E-state index contributed by atoms with van der Waals surface area (Å²) in [5.74, 6) is 0.896. The molecule has 0 bridgehead atoms. The van der Waals surface area contributed by atoms with E-state index in [1.54, 1.807) is 0 Å². The van der Waals surface area contributed by atoms with Crippen LogP contribution in [0.2, 0.25) is 0 Å². The maximum absolute atomic E-state index is 3.75. The molecule has 0 radical (unpaired) electrons. The average molecular weight is 210 g/mol. The molecule has 2 fully saturated rings. The summed E-state index contributed by atoms with van der Waals surface area (Å²) in [6.07, 6.45) is 8.46. The molecular weight excluding hydrogens is 184 g/mol. The van der Waals surface area contributed by atoms with Gasteiger partial charge in [-0.2, -0.15) is 0 Å².